The molecule has 6 nitrogen and oxygen atoms in total. The first kappa shape index (κ1) is 19.1. The summed E-state index contributed by atoms with van der Waals surface area (Å²) in [4.78, 5) is 11.4. The summed E-state index contributed by atoms with van der Waals surface area (Å²) in [7, 11) is -1.83. The van der Waals surface area contributed by atoms with Gasteiger partial charge in [0.05, 0.1) is 14.2 Å². The zero-order chi connectivity index (χ0) is 18.8. The SMILES string of the molecule is COc1cc(C(=O)NS(=O)(=O)c2ccc(F)cc2F)cc(OC)c1Br. The Balaban J connectivity index is 2.39. The van der Waals surface area contributed by atoms with E-state index >= 15 is 0 Å². The Bertz CT molecular complexity index is 909. The van der Waals surface area contributed by atoms with Crippen LogP contribution in [0, 0.1) is 11.6 Å². The van der Waals surface area contributed by atoms with Crippen molar-refractivity contribution >= 4 is 31.9 Å². The lowest BCUT2D eigenvalue weighted by Gasteiger charge is -2.12. The zero-order valence-corrected chi connectivity index (χ0v) is 15.4. The Labute approximate surface area is 150 Å². The second-order valence-corrected chi connectivity index (χ2v) is 7.15. The summed E-state index contributed by atoms with van der Waals surface area (Å²) in [6.45, 7) is 0. The lowest BCUT2D eigenvalue weighted by molar-refractivity contribution is 0.0980. The number of carbonyl (C=O) groups is 1. The van der Waals surface area contributed by atoms with Gasteiger partial charge < -0.3 is 9.47 Å². The molecule has 0 radical (unpaired) electrons. The van der Waals surface area contributed by atoms with Crippen LogP contribution in [0.25, 0.3) is 0 Å². The second-order valence-electron chi connectivity index (χ2n) is 4.70. The van der Waals surface area contributed by atoms with Crippen molar-refractivity contribution < 1.29 is 31.5 Å². The molecule has 0 aliphatic heterocycles. The second kappa shape index (κ2) is 7.36. The topological polar surface area (TPSA) is 81.7 Å². The van der Waals surface area contributed by atoms with E-state index in [2.05, 4.69) is 15.9 Å². The van der Waals surface area contributed by atoms with Gasteiger partial charge in [-0.25, -0.2) is 21.9 Å². The third-order valence-corrected chi connectivity index (χ3v) is 5.26. The molecule has 0 aliphatic rings. The number of benzene rings is 2. The van der Waals surface area contributed by atoms with Crippen molar-refractivity contribution in [2.45, 2.75) is 4.90 Å². The summed E-state index contributed by atoms with van der Waals surface area (Å²) in [5.74, 6) is -2.83. The van der Waals surface area contributed by atoms with Crippen molar-refractivity contribution in [1.29, 1.82) is 0 Å². The predicted octanol–water partition coefficient (Wildman–Crippen LogP) is 2.86. The largest absolute Gasteiger partial charge is 0.495 e. The molecular weight excluding hydrogens is 424 g/mol. The van der Waals surface area contributed by atoms with Gasteiger partial charge in [-0.1, -0.05) is 0 Å². The Morgan fingerprint density at radius 3 is 2.12 bits per heavy atom. The van der Waals surface area contributed by atoms with E-state index in [1.807, 2.05) is 0 Å². The molecule has 1 N–H and O–H groups in total. The fourth-order valence-corrected chi connectivity index (χ4v) is 3.52. The van der Waals surface area contributed by atoms with Crippen LogP contribution in [0.2, 0.25) is 0 Å². The lowest BCUT2D eigenvalue weighted by Crippen LogP contribution is -2.31. The van der Waals surface area contributed by atoms with Gasteiger partial charge in [-0.15, -0.1) is 0 Å². The van der Waals surface area contributed by atoms with Crippen LogP contribution in [0.3, 0.4) is 0 Å². The maximum atomic E-state index is 13.7. The quantitative estimate of drug-likeness (QED) is 0.780. The first-order valence-corrected chi connectivity index (χ1v) is 8.91. The summed E-state index contributed by atoms with van der Waals surface area (Å²) in [6.07, 6.45) is 0. The minimum absolute atomic E-state index is 0.0944. The number of nitrogens with one attached hydrogen (secondary N) is 1. The standard InChI is InChI=1S/C15H12BrF2NO5S/c1-23-11-5-8(6-12(24-2)14(11)16)15(20)19-25(21,22)13-4-3-9(17)7-10(13)18/h3-7H,1-2H3,(H,19,20). The first-order chi connectivity index (χ1) is 11.7. The van der Waals surface area contributed by atoms with Crippen molar-refractivity contribution in [3.63, 3.8) is 0 Å². The van der Waals surface area contributed by atoms with Gasteiger partial charge in [0.15, 0.2) is 0 Å². The monoisotopic (exact) mass is 435 g/mol. The number of methoxy groups -OCH3 is 2. The summed E-state index contributed by atoms with van der Waals surface area (Å²) in [6, 6.07) is 4.46. The average Bonchev–Trinajstić information content (AvgIpc) is 2.54. The molecule has 0 aromatic heterocycles. The number of ether oxygens (including phenoxy) is 2. The number of amides is 1. The smallest absolute Gasteiger partial charge is 0.267 e. The molecule has 25 heavy (non-hydrogen) atoms. The van der Waals surface area contributed by atoms with Gasteiger partial charge >= 0.3 is 0 Å². The molecule has 0 spiro atoms. The van der Waals surface area contributed by atoms with Crippen molar-refractivity contribution in [1.82, 2.24) is 4.72 Å². The van der Waals surface area contributed by atoms with Gasteiger partial charge in [0.2, 0.25) is 0 Å². The number of rotatable bonds is 5. The van der Waals surface area contributed by atoms with E-state index in [1.165, 1.54) is 26.4 Å². The summed E-state index contributed by atoms with van der Waals surface area (Å²) < 4.78 is 63.2. The van der Waals surface area contributed by atoms with Crippen LogP contribution >= 0.6 is 15.9 Å². The van der Waals surface area contributed by atoms with Gasteiger partial charge in [0.25, 0.3) is 15.9 Å². The summed E-state index contributed by atoms with van der Waals surface area (Å²) in [5.41, 5.74) is -0.0944. The average molecular weight is 436 g/mol. The Morgan fingerprint density at radius 2 is 1.64 bits per heavy atom. The molecule has 0 saturated heterocycles. The normalized spacial score (nSPS) is 11.1. The van der Waals surface area contributed by atoms with Crippen molar-refractivity contribution in [3.8, 4) is 11.5 Å². The van der Waals surface area contributed by atoms with E-state index in [4.69, 9.17) is 9.47 Å². The highest BCUT2D eigenvalue weighted by Crippen LogP contribution is 2.35. The number of carbonyl (C=O) groups excluding carboxylic acids is 1. The molecule has 2 aromatic rings. The summed E-state index contributed by atoms with van der Waals surface area (Å²) >= 11 is 3.21. The molecule has 1 amide bonds. The predicted molar refractivity (Wildman–Crippen MR) is 88.3 cm³/mol. The zero-order valence-electron chi connectivity index (χ0n) is 13.0. The van der Waals surface area contributed by atoms with Gasteiger partial charge in [0.1, 0.15) is 32.5 Å². The molecule has 0 heterocycles. The van der Waals surface area contributed by atoms with E-state index < -0.39 is 32.5 Å². The Kier molecular flexibility index (Phi) is 5.63. The summed E-state index contributed by atoms with van der Waals surface area (Å²) in [5, 5.41) is 0. The fraction of sp³-hybridized carbons (Fsp3) is 0.133. The molecule has 0 aliphatic carbocycles. The molecule has 134 valence electrons. The highest BCUT2D eigenvalue weighted by atomic mass is 79.9. The Morgan fingerprint density at radius 1 is 1.08 bits per heavy atom. The number of hydrogen-bond acceptors (Lipinski definition) is 5. The van der Waals surface area contributed by atoms with Crippen molar-refractivity contribution in [2.24, 2.45) is 0 Å². The van der Waals surface area contributed by atoms with Crippen LogP contribution in [0.5, 0.6) is 11.5 Å². The molecule has 0 saturated carbocycles. The van der Waals surface area contributed by atoms with Gasteiger partial charge in [-0.05, 0) is 40.2 Å². The third-order valence-electron chi connectivity index (χ3n) is 3.12. The third kappa shape index (κ3) is 4.07. The Hall–Kier alpha value is -2.20. The molecule has 0 atom stereocenters. The van der Waals surface area contributed by atoms with Crippen LogP contribution in [0.1, 0.15) is 10.4 Å². The molecule has 2 aromatic carbocycles. The molecule has 0 unspecified atom stereocenters. The van der Waals surface area contributed by atoms with Crippen LogP contribution in [-0.4, -0.2) is 28.5 Å². The highest BCUT2D eigenvalue weighted by Gasteiger charge is 2.24. The number of halogens is 3. The van der Waals surface area contributed by atoms with E-state index in [-0.39, 0.29) is 17.1 Å². The number of sulfonamides is 1. The van der Waals surface area contributed by atoms with Crippen molar-refractivity contribution in [2.75, 3.05) is 14.2 Å². The molecule has 0 bridgehead atoms. The van der Waals surface area contributed by atoms with Crippen molar-refractivity contribution in [3.05, 3.63) is 52.0 Å². The number of hydrogen-bond donors (Lipinski definition) is 1. The molecule has 2 rings (SSSR count). The maximum absolute atomic E-state index is 13.7. The minimum Gasteiger partial charge on any atom is -0.495 e. The fourth-order valence-electron chi connectivity index (χ4n) is 1.93. The lowest BCUT2D eigenvalue weighted by atomic mass is 10.2. The van der Waals surface area contributed by atoms with E-state index in [0.717, 1.165) is 12.1 Å². The van der Waals surface area contributed by atoms with Gasteiger partial charge in [-0.3, -0.25) is 4.79 Å². The van der Waals surface area contributed by atoms with E-state index in [9.17, 15) is 22.0 Å². The van der Waals surface area contributed by atoms with Crippen LogP contribution in [-0.2, 0) is 10.0 Å². The maximum Gasteiger partial charge on any atom is 0.267 e. The van der Waals surface area contributed by atoms with E-state index in [1.54, 1.807) is 4.72 Å². The first-order valence-electron chi connectivity index (χ1n) is 6.63. The van der Waals surface area contributed by atoms with Gasteiger partial charge in [0, 0.05) is 11.6 Å². The van der Waals surface area contributed by atoms with Crippen LogP contribution < -0.4 is 14.2 Å². The van der Waals surface area contributed by atoms with Crippen LogP contribution in [0.4, 0.5) is 8.78 Å². The van der Waals surface area contributed by atoms with Gasteiger partial charge in [-0.2, -0.15) is 0 Å². The minimum atomic E-state index is -4.54. The van der Waals surface area contributed by atoms with E-state index in [0.29, 0.717) is 10.5 Å². The van der Waals surface area contributed by atoms with Crippen LogP contribution in [0.15, 0.2) is 39.7 Å². The highest BCUT2D eigenvalue weighted by molar-refractivity contribution is 9.10. The molecule has 0 fully saturated rings. The molecular formula is C15H12BrF2NO5S. The molecule has 10 heteroatoms.